The molecule has 1 aliphatic heterocycles. The molecule has 0 aliphatic carbocycles. The van der Waals surface area contributed by atoms with Crippen molar-refractivity contribution in [3.05, 3.63) is 23.8 Å². The lowest BCUT2D eigenvalue weighted by molar-refractivity contribution is 0.0896. The minimum absolute atomic E-state index is 0.0565. The van der Waals surface area contributed by atoms with Gasteiger partial charge in [-0.25, -0.2) is 0 Å². The lowest BCUT2D eigenvalue weighted by atomic mass is 9.90. The van der Waals surface area contributed by atoms with E-state index in [9.17, 15) is 4.79 Å². The quantitative estimate of drug-likeness (QED) is 0.828. The van der Waals surface area contributed by atoms with Gasteiger partial charge in [-0.1, -0.05) is 0 Å². The van der Waals surface area contributed by atoms with Crippen molar-refractivity contribution >= 4 is 5.78 Å². The standard InChI is InChI=1S/C14H19NO3/c1-17-11-5-6-12(13(8-11)18-2)14(16)10-4-3-7-15-9-10/h5-6,8,10,15H,3-4,7,9H2,1-2H3. The summed E-state index contributed by atoms with van der Waals surface area (Å²) in [5.74, 6) is 1.50. The molecule has 0 aromatic heterocycles. The van der Waals surface area contributed by atoms with Gasteiger partial charge in [-0.3, -0.25) is 4.79 Å². The second-order valence-electron chi connectivity index (χ2n) is 4.47. The molecule has 4 heteroatoms. The van der Waals surface area contributed by atoms with Gasteiger partial charge in [-0.2, -0.15) is 0 Å². The molecule has 0 saturated carbocycles. The summed E-state index contributed by atoms with van der Waals surface area (Å²) >= 11 is 0. The van der Waals surface area contributed by atoms with Crippen LogP contribution in [0.4, 0.5) is 0 Å². The van der Waals surface area contributed by atoms with Crippen LogP contribution in [0.15, 0.2) is 18.2 Å². The predicted octanol–water partition coefficient (Wildman–Crippen LogP) is 1.89. The van der Waals surface area contributed by atoms with Gasteiger partial charge in [0.05, 0.1) is 19.8 Å². The van der Waals surface area contributed by atoms with Crippen LogP contribution in [0, 0.1) is 5.92 Å². The van der Waals surface area contributed by atoms with Crippen LogP contribution in [0.25, 0.3) is 0 Å². The number of methoxy groups -OCH3 is 2. The van der Waals surface area contributed by atoms with Crippen molar-refractivity contribution in [1.82, 2.24) is 5.32 Å². The van der Waals surface area contributed by atoms with Crippen molar-refractivity contribution < 1.29 is 14.3 Å². The number of hydrogen-bond acceptors (Lipinski definition) is 4. The van der Waals surface area contributed by atoms with Crippen LogP contribution in [-0.2, 0) is 0 Å². The largest absolute Gasteiger partial charge is 0.497 e. The monoisotopic (exact) mass is 249 g/mol. The van der Waals surface area contributed by atoms with Crippen LogP contribution in [0.5, 0.6) is 11.5 Å². The fraction of sp³-hybridized carbons (Fsp3) is 0.500. The average Bonchev–Trinajstić information content (AvgIpc) is 2.46. The average molecular weight is 249 g/mol. The maximum atomic E-state index is 12.4. The highest BCUT2D eigenvalue weighted by Crippen LogP contribution is 2.28. The van der Waals surface area contributed by atoms with E-state index in [2.05, 4.69) is 5.32 Å². The molecule has 0 spiro atoms. The van der Waals surface area contributed by atoms with Gasteiger partial charge in [0, 0.05) is 18.5 Å². The summed E-state index contributed by atoms with van der Waals surface area (Å²) in [6.45, 7) is 1.76. The van der Waals surface area contributed by atoms with Gasteiger partial charge in [0.1, 0.15) is 11.5 Å². The third-order valence-electron chi connectivity index (χ3n) is 3.34. The Morgan fingerprint density at radius 1 is 1.33 bits per heavy atom. The van der Waals surface area contributed by atoms with Crippen LogP contribution in [0.3, 0.4) is 0 Å². The number of rotatable bonds is 4. The fourth-order valence-electron chi connectivity index (χ4n) is 2.30. The van der Waals surface area contributed by atoms with Crippen LogP contribution < -0.4 is 14.8 Å². The summed E-state index contributed by atoms with van der Waals surface area (Å²) < 4.78 is 10.4. The van der Waals surface area contributed by atoms with Gasteiger partial charge in [0.25, 0.3) is 0 Å². The highest BCUT2D eigenvalue weighted by Gasteiger charge is 2.24. The second kappa shape index (κ2) is 5.87. The summed E-state index contributed by atoms with van der Waals surface area (Å²) in [6, 6.07) is 5.34. The molecule has 4 nitrogen and oxygen atoms in total. The fourth-order valence-corrected chi connectivity index (χ4v) is 2.30. The Kier molecular flexibility index (Phi) is 4.20. The Bertz CT molecular complexity index is 425. The van der Waals surface area contributed by atoms with E-state index in [1.54, 1.807) is 32.4 Å². The Morgan fingerprint density at radius 2 is 2.17 bits per heavy atom. The zero-order valence-electron chi connectivity index (χ0n) is 10.9. The number of benzene rings is 1. The Morgan fingerprint density at radius 3 is 2.78 bits per heavy atom. The predicted molar refractivity (Wildman–Crippen MR) is 69.5 cm³/mol. The zero-order valence-corrected chi connectivity index (χ0v) is 10.9. The minimum atomic E-state index is 0.0565. The number of hydrogen-bond donors (Lipinski definition) is 1. The van der Waals surface area contributed by atoms with Crippen LogP contribution >= 0.6 is 0 Å². The molecule has 1 unspecified atom stereocenters. The van der Waals surface area contributed by atoms with E-state index < -0.39 is 0 Å². The van der Waals surface area contributed by atoms with E-state index in [0.29, 0.717) is 17.1 Å². The maximum absolute atomic E-state index is 12.4. The molecule has 1 aliphatic rings. The number of carbonyl (C=O) groups is 1. The summed E-state index contributed by atoms with van der Waals surface area (Å²) in [5.41, 5.74) is 0.645. The summed E-state index contributed by atoms with van der Waals surface area (Å²) in [6.07, 6.45) is 2.00. The maximum Gasteiger partial charge on any atom is 0.170 e. The number of nitrogens with one attached hydrogen (secondary N) is 1. The number of Topliss-reactive ketones (excluding diaryl/α,β-unsaturated/α-hetero) is 1. The molecule has 18 heavy (non-hydrogen) atoms. The van der Waals surface area contributed by atoms with Crippen LogP contribution in [-0.4, -0.2) is 33.1 Å². The zero-order chi connectivity index (χ0) is 13.0. The molecular weight excluding hydrogens is 230 g/mol. The van der Waals surface area contributed by atoms with E-state index in [-0.39, 0.29) is 11.7 Å². The summed E-state index contributed by atoms with van der Waals surface area (Å²) in [7, 11) is 3.17. The van der Waals surface area contributed by atoms with Crippen LogP contribution in [0.1, 0.15) is 23.2 Å². The van der Waals surface area contributed by atoms with Crippen molar-refractivity contribution in [1.29, 1.82) is 0 Å². The Labute approximate surface area is 107 Å². The Hall–Kier alpha value is -1.55. The van der Waals surface area contributed by atoms with Crippen molar-refractivity contribution in [2.45, 2.75) is 12.8 Å². The lowest BCUT2D eigenvalue weighted by Crippen LogP contribution is -2.34. The molecule has 1 fully saturated rings. The van der Waals surface area contributed by atoms with Gasteiger partial charge in [-0.15, -0.1) is 0 Å². The summed E-state index contributed by atoms with van der Waals surface area (Å²) in [5, 5.41) is 3.26. The van der Waals surface area contributed by atoms with Gasteiger partial charge < -0.3 is 14.8 Å². The third-order valence-corrected chi connectivity index (χ3v) is 3.34. The van der Waals surface area contributed by atoms with Gasteiger partial charge >= 0.3 is 0 Å². The molecule has 0 amide bonds. The highest BCUT2D eigenvalue weighted by molar-refractivity contribution is 6.00. The number of ketones is 1. The molecule has 1 atom stereocenters. The number of carbonyl (C=O) groups excluding carboxylic acids is 1. The van der Waals surface area contributed by atoms with Crippen molar-refractivity contribution in [2.75, 3.05) is 27.3 Å². The van der Waals surface area contributed by atoms with E-state index in [1.165, 1.54) is 0 Å². The van der Waals surface area contributed by atoms with Crippen molar-refractivity contribution in [2.24, 2.45) is 5.92 Å². The SMILES string of the molecule is COc1ccc(C(=O)C2CCCNC2)c(OC)c1. The molecule has 2 rings (SSSR count). The normalized spacial score (nSPS) is 19.3. The number of ether oxygens (including phenoxy) is 2. The Balaban J connectivity index is 2.23. The molecule has 1 N–H and O–H groups in total. The van der Waals surface area contributed by atoms with E-state index in [0.717, 1.165) is 25.9 Å². The van der Waals surface area contributed by atoms with Crippen molar-refractivity contribution in [3.63, 3.8) is 0 Å². The van der Waals surface area contributed by atoms with Crippen molar-refractivity contribution in [3.8, 4) is 11.5 Å². The molecule has 0 radical (unpaired) electrons. The molecule has 1 aromatic rings. The first kappa shape index (κ1) is 12.9. The third kappa shape index (κ3) is 2.64. The molecule has 1 aromatic carbocycles. The molecule has 1 saturated heterocycles. The lowest BCUT2D eigenvalue weighted by Gasteiger charge is -2.22. The van der Waals surface area contributed by atoms with E-state index in [1.807, 2.05) is 0 Å². The van der Waals surface area contributed by atoms with Gasteiger partial charge in [-0.05, 0) is 31.5 Å². The van der Waals surface area contributed by atoms with Crippen LogP contribution in [0.2, 0.25) is 0 Å². The first-order valence-electron chi connectivity index (χ1n) is 6.23. The molecular formula is C14H19NO3. The summed E-state index contributed by atoms with van der Waals surface area (Å²) in [4.78, 5) is 12.4. The first-order chi connectivity index (χ1) is 8.76. The van der Waals surface area contributed by atoms with Gasteiger partial charge in [0.2, 0.25) is 0 Å². The first-order valence-corrected chi connectivity index (χ1v) is 6.23. The minimum Gasteiger partial charge on any atom is -0.497 e. The second-order valence-corrected chi connectivity index (χ2v) is 4.47. The molecule has 98 valence electrons. The van der Waals surface area contributed by atoms with Gasteiger partial charge in [0.15, 0.2) is 5.78 Å². The number of piperidine rings is 1. The topological polar surface area (TPSA) is 47.6 Å². The highest BCUT2D eigenvalue weighted by atomic mass is 16.5. The smallest absolute Gasteiger partial charge is 0.170 e. The van der Waals surface area contributed by atoms with E-state index >= 15 is 0 Å². The molecule has 1 heterocycles. The van der Waals surface area contributed by atoms with E-state index in [4.69, 9.17) is 9.47 Å². The molecule has 0 bridgehead atoms.